The van der Waals surface area contributed by atoms with Gasteiger partial charge >= 0.3 is 0 Å². The highest BCUT2D eigenvalue weighted by atomic mass is 16.3. The molecule has 0 spiro atoms. The first-order chi connectivity index (χ1) is 18.9. The molecule has 0 heterocycles. The van der Waals surface area contributed by atoms with E-state index in [0.29, 0.717) is 24.4 Å². The smallest absolute Gasteiger partial charge is 0.255 e. The molecule has 3 aliphatic carbocycles. The number of phenolic OH excluding ortho intramolecular Hbond substituents is 1. The van der Waals surface area contributed by atoms with E-state index in [-0.39, 0.29) is 16.9 Å². The molecule has 40 heavy (non-hydrogen) atoms. The van der Waals surface area contributed by atoms with E-state index in [1.54, 1.807) is 25.1 Å². The molecule has 3 aliphatic rings. The van der Waals surface area contributed by atoms with Crippen molar-refractivity contribution >= 4 is 17.5 Å². The Bertz CT molecular complexity index is 1470. The first kappa shape index (κ1) is 27.6. The van der Waals surface area contributed by atoms with Crippen LogP contribution in [0.15, 0.2) is 59.1 Å². The fourth-order valence-electron chi connectivity index (χ4n) is 6.66. The Hall–Kier alpha value is -3.95. The van der Waals surface area contributed by atoms with Gasteiger partial charge in [-0.05, 0) is 67.1 Å². The van der Waals surface area contributed by atoms with Crippen LogP contribution in [0.5, 0.6) is 5.75 Å². The van der Waals surface area contributed by atoms with Gasteiger partial charge in [-0.1, -0.05) is 44.2 Å². The van der Waals surface area contributed by atoms with Gasteiger partial charge in [0, 0.05) is 18.2 Å². The first-order valence-electron chi connectivity index (χ1n) is 13.5. The number of hydrogen-bond acceptors (Lipinski definition) is 8. The van der Waals surface area contributed by atoms with Crippen molar-refractivity contribution in [2.75, 3.05) is 14.1 Å². The molecule has 5 rings (SSSR count). The number of nitrogens with zero attached hydrogens (tertiary/aromatic N) is 1. The van der Waals surface area contributed by atoms with Crippen LogP contribution in [-0.2, 0) is 22.6 Å². The van der Waals surface area contributed by atoms with Crippen LogP contribution in [0.3, 0.4) is 0 Å². The molecule has 9 nitrogen and oxygen atoms in total. The number of aromatic hydroxyl groups is 1. The minimum absolute atomic E-state index is 0.0763. The number of aliphatic hydroxyl groups excluding tert-OH is 2. The first-order valence-corrected chi connectivity index (χ1v) is 13.5. The van der Waals surface area contributed by atoms with Crippen LogP contribution >= 0.6 is 0 Å². The summed E-state index contributed by atoms with van der Waals surface area (Å²) in [6.45, 7) is 4.90. The number of fused-ring (bicyclic) bond motifs is 3. The van der Waals surface area contributed by atoms with Gasteiger partial charge in [-0.25, -0.2) is 0 Å². The predicted molar refractivity (Wildman–Crippen MR) is 150 cm³/mol. The van der Waals surface area contributed by atoms with Crippen LogP contribution in [0.1, 0.15) is 41.8 Å². The van der Waals surface area contributed by atoms with Crippen molar-refractivity contribution < 1.29 is 29.7 Å². The predicted octanol–water partition coefficient (Wildman–Crippen LogP) is 3.17. The Morgan fingerprint density at radius 1 is 1.05 bits per heavy atom. The lowest BCUT2D eigenvalue weighted by Crippen LogP contribution is -2.53. The molecule has 0 aromatic heterocycles. The molecule has 1 amide bonds. The molecule has 4 atom stereocenters. The van der Waals surface area contributed by atoms with Gasteiger partial charge < -0.3 is 26.4 Å². The van der Waals surface area contributed by atoms with Crippen LogP contribution in [-0.4, -0.2) is 63.9 Å². The number of phenols is 1. The zero-order valence-electron chi connectivity index (χ0n) is 23.1. The lowest BCUT2D eigenvalue weighted by atomic mass is 9.60. The summed E-state index contributed by atoms with van der Waals surface area (Å²) in [5.41, 5.74) is 8.58. The zero-order chi connectivity index (χ0) is 29.0. The number of primary amides is 1. The summed E-state index contributed by atoms with van der Waals surface area (Å²) in [5, 5.41) is 36.5. The summed E-state index contributed by atoms with van der Waals surface area (Å²) >= 11 is 0. The van der Waals surface area contributed by atoms with E-state index in [0.717, 1.165) is 23.2 Å². The second-order valence-corrected chi connectivity index (χ2v) is 11.5. The van der Waals surface area contributed by atoms with Crippen LogP contribution in [0.25, 0.3) is 11.1 Å². The van der Waals surface area contributed by atoms with Crippen molar-refractivity contribution in [3.8, 4) is 16.9 Å². The number of nitrogens with one attached hydrogen (secondary N) is 1. The normalized spacial score (nSPS) is 24.4. The molecule has 0 saturated heterocycles. The van der Waals surface area contributed by atoms with E-state index >= 15 is 0 Å². The molecular weight excluding hydrogens is 510 g/mol. The Labute approximate surface area is 233 Å². The summed E-state index contributed by atoms with van der Waals surface area (Å²) in [4.78, 5) is 41.0. The molecule has 2 aromatic rings. The molecule has 9 heteroatoms. The number of hydrogen-bond donors (Lipinski definition) is 5. The quantitative estimate of drug-likeness (QED) is 0.347. The average molecular weight is 546 g/mol. The van der Waals surface area contributed by atoms with Gasteiger partial charge in [-0.15, -0.1) is 0 Å². The number of ketones is 2. The number of carbonyl (C=O) groups excluding carboxylic acids is 3. The molecular formula is C31H35N3O6. The van der Waals surface area contributed by atoms with E-state index in [2.05, 4.69) is 19.2 Å². The van der Waals surface area contributed by atoms with Gasteiger partial charge in [0.05, 0.1) is 17.5 Å². The molecule has 2 aromatic carbocycles. The van der Waals surface area contributed by atoms with Crippen LogP contribution in [0, 0.1) is 17.8 Å². The van der Waals surface area contributed by atoms with Crippen molar-refractivity contribution in [1.29, 1.82) is 0 Å². The molecule has 3 unspecified atom stereocenters. The van der Waals surface area contributed by atoms with Gasteiger partial charge in [0.1, 0.15) is 22.8 Å². The van der Waals surface area contributed by atoms with Gasteiger partial charge in [-0.3, -0.25) is 19.3 Å². The zero-order valence-corrected chi connectivity index (χ0v) is 23.1. The van der Waals surface area contributed by atoms with Gasteiger partial charge in [0.25, 0.3) is 5.91 Å². The summed E-state index contributed by atoms with van der Waals surface area (Å²) in [7, 11) is 3.42. The van der Waals surface area contributed by atoms with Crippen molar-refractivity contribution in [3.05, 3.63) is 75.8 Å². The molecule has 0 aliphatic heterocycles. The minimum atomic E-state index is -1.19. The monoisotopic (exact) mass is 545 g/mol. The second kappa shape index (κ2) is 10.2. The van der Waals surface area contributed by atoms with Crippen LogP contribution in [0.2, 0.25) is 0 Å². The third kappa shape index (κ3) is 4.39. The Morgan fingerprint density at radius 3 is 2.33 bits per heavy atom. The lowest BCUT2D eigenvalue weighted by molar-refractivity contribution is -0.127. The Balaban J connectivity index is 1.59. The number of nitrogens with two attached hydrogens (primary N) is 1. The topological polar surface area (TPSA) is 153 Å². The molecule has 0 bridgehead atoms. The SMILES string of the molecule is CC(C)NCc1ccc(-c2ccc(O)c3c2CC2CC4C(C(=O)C(C(N)=O)=C(O)[C@H]4N(C)C)C(O)=C2C3=O)cc1. The summed E-state index contributed by atoms with van der Waals surface area (Å²) in [5.74, 6) is -5.65. The fraction of sp³-hybridized carbons (Fsp3) is 0.387. The highest BCUT2D eigenvalue weighted by molar-refractivity contribution is 6.22. The van der Waals surface area contributed by atoms with Gasteiger partial charge in [0.2, 0.25) is 0 Å². The van der Waals surface area contributed by atoms with E-state index in [9.17, 15) is 29.7 Å². The van der Waals surface area contributed by atoms with Crippen molar-refractivity contribution in [2.45, 2.75) is 45.3 Å². The third-order valence-corrected chi connectivity index (χ3v) is 8.43. The van der Waals surface area contributed by atoms with E-state index in [1.807, 2.05) is 24.3 Å². The minimum Gasteiger partial charge on any atom is -0.511 e. The van der Waals surface area contributed by atoms with Crippen molar-refractivity contribution in [3.63, 3.8) is 0 Å². The van der Waals surface area contributed by atoms with Crippen LogP contribution < -0.4 is 11.1 Å². The number of amides is 1. The van der Waals surface area contributed by atoms with E-state index < -0.39 is 58.4 Å². The van der Waals surface area contributed by atoms with Crippen molar-refractivity contribution in [1.82, 2.24) is 10.2 Å². The maximum absolute atomic E-state index is 13.9. The largest absolute Gasteiger partial charge is 0.511 e. The standard InChI is InChI=1S/C31H35N3O6/c1-14(2)33-13-15-5-7-16(8-6-15)18-9-10-21(35)23-19(18)11-17-12-20-24(28(37)22(17)27(23)36)29(38)25(31(32)40)30(39)26(20)34(3)4/h5-10,14,17,20,24,26,33,35,37,39H,11-13H2,1-4H3,(H2,32,40)/t17?,20?,24?,26-/m0/s1. The highest BCUT2D eigenvalue weighted by Crippen LogP contribution is 2.51. The maximum atomic E-state index is 13.9. The highest BCUT2D eigenvalue weighted by Gasteiger charge is 2.54. The summed E-state index contributed by atoms with van der Waals surface area (Å²) < 4.78 is 0. The van der Waals surface area contributed by atoms with E-state index in [1.165, 1.54) is 6.07 Å². The second-order valence-electron chi connectivity index (χ2n) is 11.5. The number of allylic oxidation sites excluding steroid dienone is 2. The molecule has 0 fully saturated rings. The number of Topliss-reactive ketones (excluding diaryl/α,β-unsaturated/α-hetero) is 2. The number of aliphatic hydroxyl groups is 2. The molecule has 0 radical (unpaired) electrons. The van der Waals surface area contributed by atoms with Crippen molar-refractivity contribution in [2.24, 2.45) is 23.5 Å². The number of benzene rings is 2. The number of rotatable bonds is 6. The van der Waals surface area contributed by atoms with E-state index in [4.69, 9.17) is 5.73 Å². The summed E-state index contributed by atoms with van der Waals surface area (Å²) in [6, 6.07) is 10.9. The fourth-order valence-corrected chi connectivity index (χ4v) is 6.66. The number of likely N-dealkylation sites (N-methyl/N-ethyl adjacent to an activating group) is 1. The van der Waals surface area contributed by atoms with Gasteiger partial charge in [-0.2, -0.15) is 0 Å². The van der Waals surface area contributed by atoms with Gasteiger partial charge in [0.15, 0.2) is 11.6 Å². The maximum Gasteiger partial charge on any atom is 0.255 e. The number of carbonyl (C=O) groups is 3. The molecule has 6 N–H and O–H groups in total. The Morgan fingerprint density at radius 2 is 1.73 bits per heavy atom. The van der Waals surface area contributed by atoms with Crippen LogP contribution in [0.4, 0.5) is 0 Å². The lowest BCUT2D eigenvalue weighted by Gasteiger charge is -2.46. The Kier molecular flexibility index (Phi) is 7.06. The molecule has 210 valence electrons. The summed E-state index contributed by atoms with van der Waals surface area (Å²) in [6.07, 6.45) is 0.667. The average Bonchev–Trinajstić information content (AvgIpc) is 2.87. The third-order valence-electron chi connectivity index (χ3n) is 8.43. The molecule has 0 saturated carbocycles.